The molecule has 0 heterocycles. The van der Waals surface area contributed by atoms with E-state index in [2.05, 4.69) is 0 Å². The average Bonchev–Trinajstić information content (AvgIpc) is 2.91. The van der Waals surface area contributed by atoms with Crippen molar-refractivity contribution in [2.45, 2.75) is 37.9 Å². The summed E-state index contributed by atoms with van der Waals surface area (Å²) >= 11 is 1.82. The van der Waals surface area contributed by atoms with E-state index in [1.807, 2.05) is 11.8 Å². The molecule has 1 unspecified atom stereocenters. The van der Waals surface area contributed by atoms with Crippen molar-refractivity contribution in [1.29, 1.82) is 0 Å². The molecule has 1 atom stereocenters. The Kier molecular flexibility index (Phi) is 5.38. The largest absolute Gasteiger partial charge is 0.416 e. The fraction of sp³-hybridized carbons (Fsp3) is 0.600. The van der Waals surface area contributed by atoms with E-state index in [9.17, 15) is 13.2 Å². The molecule has 5 heteroatoms. The van der Waals surface area contributed by atoms with Crippen LogP contribution in [0.2, 0.25) is 0 Å². The highest BCUT2D eigenvalue weighted by atomic mass is 32.2. The van der Waals surface area contributed by atoms with Crippen LogP contribution in [0.3, 0.4) is 0 Å². The van der Waals surface area contributed by atoms with Gasteiger partial charge in [0, 0.05) is 11.8 Å². The Hall–Kier alpha value is -0.680. The summed E-state index contributed by atoms with van der Waals surface area (Å²) in [4.78, 5) is 0. The molecule has 1 aliphatic rings. The number of hydrogen-bond acceptors (Lipinski definition) is 2. The van der Waals surface area contributed by atoms with E-state index in [-0.39, 0.29) is 6.04 Å². The van der Waals surface area contributed by atoms with Crippen LogP contribution in [0.4, 0.5) is 13.2 Å². The fourth-order valence-corrected chi connectivity index (χ4v) is 3.80. The molecule has 0 radical (unpaired) electrons. The SMILES string of the molecule is NC(CSCC1CCCC1)c1ccc(C(F)(F)F)cc1. The minimum atomic E-state index is -4.28. The molecular formula is C15H20F3NS. The van der Waals surface area contributed by atoms with Crippen molar-refractivity contribution < 1.29 is 13.2 Å². The van der Waals surface area contributed by atoms with E-state index >= 15 is 0 Å². The monoisotopic (exact) mass is 303 g/mol. The molecule has 1 aromatic carbocycles. The summed E-state index contributed by atoms with van der Waals surface area (Å²) in [6, 6.07) is 5.00. The lowest BCUT2D eigenvalue weighted by molar-refractivity contribution is -0.137. The van der Waals surface area contributed by atoms with Crippen molar-refractivity contribution in [1.82, 2.24) is 0 Å². The van der Waals surface area contributed by atoms with E-state index < -0.39 is 11.7 Å². The molecule has 1 aliphatic carbocycles. The van der Waals surface area contributed by atoms with Crippen LogP contribution in [0.1, 0.15) is 42.9 Å². The minimum absolute atomic E-state index is 0.191. The van der Waals surface area contributed by atoms with Crippen LogP contribution < -0.4 is 5.73 Å². The summed E-state index contributed by atoms with van der Waals surface area (Å²) in [5, 5.41) is 0. The number of rotatable bonds is 5. The van der Waals surface area contributed by atoms with E-state index in [4.69, 9.17) is 5.73 Å². The first-order valence-corrected chi connectivity index (χ1v) is 8.13. The Bertz CT molecular complexity index is 410. The number of benzene rings is 1. The van der Waals surface area contributed by atoms with Crippen molar-refractivity contribution >= 4 is 11.8 Å². The molecule has 0 bridgehead atoms. The van der Waals surface area contributed by atoms with Crippen LogP contribution in [0, 0.1) is 5.92 Å². The van der Waals surface area contributed by atoms with Gasteiger partial charge in [0.1, 0.15) is 0 Å². The quantitative estimate of drug-likeness (QED) is 0.858. The first kappa shape index (κ1) is 15.7. The minimum Gasteiger partial charge on any atom is -0.323 e. The molecule has 1 nitrogen and oxygen atoms in total. The molecule has 2 N–H and O–H groups in total. The number of thioether (sulfide) groups is 1. The highest BCUT2D eigenvalue weighted by molar-refractivity contribution is 7.99. The second-order valence-corrected chi connectivity index (χ2v) is 6.49. The third-order valence-corrected chi connectivity index (χ3v) is 5.09. The van der Waals surface area contributed by atoms with Crippen LogP contribution in [-0.2, 0) is 6.18 Å². The zero-order valence-corrected chi connectivity index (χ0v) is 12.1. The maximum absolute atomic E-state index is 12.5. The highest BCUT2D eigenvalue weighted by Crippen LogP contribution is 2.31. The van der Waals surface area contributed by atoms with E-state index in [1.165, 1.54) is 37.8 Å². The smallest absolute Gasteiger partial charge is 0.323 e. The summed E-state index contributed by atoms with van der Waals surface area (Å²) in [7, 11) is 0. The van der Waals surface area contributed by atoms with Gasteiger partial charge in [0.25, 0.3) is 0 Å². The van der Waals surface area contributed by atoms with Gasteiger partial charge in [-0.15, -0.1) is 0 Å². The van der Waals surface area contributed by atoms with Gasteiger partial charge in [-0.05, 0) is 42.2 Å². The molecular weight excluding hydrogens is 283 g/mol. The summed E-state index contributed by atoms with van der Waals surface area (Å²) in [6.45, 7) is 0. The predicted molar refractivity (Wildman–Crippen MR) is 77.7 cm³/mol. The van der Waals surface area contributed by atoms with Crippen LogP contribution in [0.15, 0.2) is 24.3 Å². The zero-order chi connectivity index (χ0) is 14.6. The molecule has 1 fully saturated rings. The Labute approximate surface area is 122 Å². The summed E-state index contributed by atoms with van der Waals surface area (Å²) in [6.07, 6.45) is 0.997. The molecule has 0 amide bonds. The number of nitrogens with two attached hydrogens (primary N) is 1. The molecule has 112 valence electrons. The molecule has 0 aliphatic heterocycles. The Morgan fingerprint density at radius 1 is 1.15 bits per heavy atom. The van der Waals surface area contributed by atoms with Gasteiger partial charge in [0.05, 0.1) is 5.56 Å². The lowest BCUT2D eigenvalue weighted by Crippen LogP contribution is -2.14. The van der Waals surface area contributed by atoms with Gasteiger partial charge in [-0.25, -0.2) is 0 Å². The van der Waals surface area contributed by atoms with E-state index in [1.54, 1.807) is 0 Å². The van der Waals surface area contributed by atoms with Crippen molar-refractivity contribution in [2.24, 2.45) is 11.7 Å². The Morgan fingerprint density at radius 2 is 1.75 bits per heavy atom. The molecule has 20 heavy (non-hydrogen) atoms. The van der Waals surface area contributed by atoms with Crippen molar-refractivity contribution in [3.63, 3.8) is 0 Å². The van der Waals surface area contributed by atoms with Crippen molar-refractivity contribution in [2.75, 3.05) is 11.5 Å². The Balaban J connectivity index is 1.81. The van der Waals surface area contributed by atoms with Gasteiger partial charge in [0.15, 0.2) is 0 Å². The lowest BCUT2D eigenvalue weighted by atomic mass is 10.1. The van der Waals surface area contributed by atoms with Crippen LogP contribution in [0.5, 0.6) is 0 Å². The Morgan fingerprint density at radius 3 is 2.30 bits per heavy atom. The van der Waals surface area contributed by atoms with Crippen LogP contribution in [0.25, 0.3) is 0 Å². The third-order valence-electron chi connectivity index (χ3n) is 3.79. The van der Waals surface area contributed by atoms with Crippen molar-refractivity contribution in [3.05, 3.63) is 35.4 Å². The third kappa shape index (κ3) is 4.42. The van der Waals surface area contributed by atoms with E-state index in [0.29, 0.717) is 0 Å². The molecule has 2 rings (SSSR count). The number of halogens is 3. The van der Waals surface area contributed by atoms with Gasteiger partial charge in [-0.1, -0.05) is 25.0 Å². The molecule has 1 saturated carbocycles. The second-order valence-electron chi connectivity index (χ2n) is 5.41. The average molecular weight is 303 g/mol. The molecule has 0 aromatic heterocycles. The summed E-state index contributed by atoms with van der Waals surface area (Å²) in [5.41, 5.74) is 6.19. The molecule has 1 aromatic rings. The maximum Gasteiger partial charge on any atom is 0.416 e. The molecule has 0 spiro atoms. The first-order chi connectivity index (χ1) is 9.47. The van der Waals surface area contributed by atoms with Crippen molar-refractivity contribution in [3.8, 4) is 0 Å². The van der Waals surface area contributed by atoms with Gasteiger partial charge in [0.2, 0.25) is 0 Å². The standard InChI is InChI=1S/C15H20F3NS/c16-15(17,18)13-7-5-12(6-8-13)14(19)10-20-9-11-3-1-2-4-11/h5-8,11,14H,1-4,9-10,19H2. The summed E-state index contributed by atoms with van der Waals surface area (Å²) in [5.74, 6) is 2.69. The van der Waals surface area contributed by atoms with Crippen LogP contribution in [-0.4, -0.2) is 11.5 Å². The second kappa shape index (κ2) is 6.85. The van der Waals surface area contributed by atoms with Gasteiger partial charge in [-0.2, -0.15) is 24.9 Å². The van der Waals surface area contributed by atoms with Gasteiger partial charge >= 0.3 is 6.18 Å². The normalized spacial score (nSPS) is 18.4. The van der Waals surface area contributed by atoms with Crippen LogP contribution >= 0.6 is 11.8 Å². The first-order valence-electron chi connectivity index (χ1n) is 6.97. The predicted octanol–water partition coefficient (Wildman–Crippen LogP) is 4.63. The van der Waals surface area contributed by atoms with Gasteiger partial charge < -0.3 is 5.73 Å². The highest BCUT2D eigenvalue weighted by Gasteiger charge is 2.30. The van der Waals surface area contributed by atoms with E-state index in [0.717, 1.165) is 35.1 Å². The lowest BCUT2D eigenvalue weighted by Gasteiger charge is -2.15. The summed E-state index contributed by atoms with van der Waals surface area (Å²) < 4.78 is 37.4. The topological polar surface area (TPSA) is 26.0 Å². The molecule has 0 saturated heterocycles. The zero-order valence-electron chi connectivity index (χ0n) is 11.3. The number of hydrogen-bond donors (Lipinski definition) is 1. The fourth-order valence-electron chi connectivity index (χ4n) is 2.55. The maximum atomic E-state index is 12.5. The number of alkyl halides is 3. The van der Waals surface area contributed by atoms with Gasteiger partial charge in [-0.3, -0.25) is 0 Å².